The average Bonchev–Trinajstić information content (AvgIpc) is 3.24. The van der Waals surface area contributed by atoms with Crippen molar-refractivity contribution in [3.05, 3.63) is 52.8 Å². The van der Waals surface area contributed by atoms with E-state index in [9.17, 15) is 4.79 Å². The minimum Gasteiger partial charge on any atom is -0.461 e. The second-order valence-corrected chi connectivity index (χ2v) is 6.20. The molecule has 1 amide bonds. The predicted molar refractivity (Wildman–Crippen MR) is 84.7 cm³/mol. The van der Waals surface area contributed by atoms with Crippen LogP contribution in [-0.4, -0.2) is 34.0 Å². The zero-order chi connectivity index (χ0) is 15.6. The van der Waals surface area contributed by atoms with Gasteiger partial charge in [0.1, 0.15) is 0 Å². The van der Waals surface area contributed by atoms with Gasteiger partial charge in [0, 0.05) is 24.0 Å². The highest BCUT2D eigenvalue weighted by atomic mass is 32.1. The first-order valence-corrected chi connectivity index (χ1v) is 8.05. The number of nitrogens with zero attached hydrogens (tertiary/aromatic N) is 3. The van der Waals surface area contributed by atoms with Crippen LogP contribution in [0, 0.1) is 0 Å². The van der Waals surface area contributed by atoms with Gasteiger partial charge in [-0.2, -0.15) is 4.98 Å². The van der Waals surface area contributed by atoms with E-state index in [0.29, 0.717) is 30.6 Å². The smallest absolute Gasteiger partial charge is 0.246 e. The van der Waals surface area contributed by atoms with Crippen LogP contribution >= 0.6 is 11.3 Å². The molecular formula is C16H13N3O3S. The normalized spacial score (nSPS) is 15.2. The van der Waals surface area contributed by atoms with E-state index in [0.717, 1.165) is 4.88 Å². The number of rotatable bonds is 4. The van der Waals surface area contributed by atoms with Gasteiger partial charge < -0.3 is 13.8 Å². The van der Waals surface area contributed by atoms with Gasteiger partial charge in [-0.1, -0.05) is 11.2 Å². The molecule has 0 saturated carbocycles. The molecule has 0 unspecified atom stereocenters. The summed E-state index contributed by atoms with van der Waals surface area (Å²) in [5.41, 5.74) is 0. The van der Waals surface area contributed by atoms with Gasteiger partial charge in [0.15, 0.2) is 5.76 Å². The lowest BCUT2D eigenvalue weighted by Crippen LogP contribution is -2.47. The van der Waals surface area contributed by atoms with Crippen molar-refractivity contribution in [2.75, 3.05) is 13.1 Å². The first-order valence-electron chi connectivity index (χ1n) is 7.17. The SMILES string of the molecule is O=C(/C=C/c1cccs1)N1CC(c2nc(-c3ccco3)no2)C1. The monoisotopic (exact) mass is 327 g/mol. The van der Waals surface area contributed by atoms with Crippen LogP contribution in [0.1, 0.15) is 16.7 Å². The van der Waals surface area contributed by atoms with Gasteiger partial charge in [0.05, 0.1) is 12.2 Å². The molecule has 4 rings (SSSR count). The quantitative estimate of drug-likeness (QED) is 0.689. The van der Waals surface area contributed by atoms with Gasteiger partial charge >= 0.3 is 0 Å². The van der Waals surface area contributed by atoms with E-state index in [1.54, 1.807) is 40.7 Å². The summed E-state index contributed by atoms with van der Waals surface area (Å²) < 4.78 is 10.5. The van der Waals surface area contributed by atoms with E-state index in [1.165, 1.54) is 0 Å². The molecule has 6 nitrogen and oxygen atoms in total. The molecule has 0 aromatic carbocycles. The van der Waals surface area contributed by atoms with Gasteiger partial charge in [-0.25, -0.2) is 0 Å². The molecule has 0 radical (unpaired) electrons. The molecule has 3 aromatic rings. The third kappa shape index (κ3) is 2.83. The van der Waals surface area contributed by atoms with Gasteiger partial charge in [0.25, 0.3) is 0 Å². The molecule has 1 fully saturated rings. The average molecular weight is 327 g/mol. The largest absolute Gasteiger partial charge is 0.461 e. The fourth-order valence-electron chi connectivity index (χ4n) is 2.37. The van der Waals surface area contributed by atoms with E-state index < -0.39 is 0 Å². The third-order valence-electron chi connectivity index (χ3n) is 3.66. The number of amides is 1. The van der Waals surface area contributed by atoms with E-state index in [2.05, 4.69) is 10.1 Å². The van der Waals surface area contributed by atoms with Crippen molar-refractivity contribution in [3.63, 3.8) is 0 Å². The fourth-order valence-corrected chi connectivity index (χ4v) is 2.98. The lowest BCUT2D eigenvalue weighted by Gasteiger charge is -2.36. The minimum absolute atomic E-state index is 0.000392. The second-order valence-electron chi connectivity index (χ2n) is 5.22. The van der Waals surface area contributed by atoms with Gasteiger partial charge in [-0.15, -0.1) is 11.3 Å². The summed E-state index contributed by atoms with van der Waals surface area (Å²) in [5, 5.41) is 5.89. The van der Waals surface area contributed by atoms with E-state index >= 15 is 0 Å². The Bertz CT molecular complexity index is 815. The number of aromatic nitrogens is 2. The number of carbonyl (C=O) groups excluding carboxylic acids is 1. The molecule has 7 heteroatoms. The molecule has 23 heavy (non-hydrogen) atoms. The summed E-state index contributed by atoms with van der Waals surface area (Å²) >= 11 is 1.60. The van der Waals surface area contributed by atoms with Crippen molar-refractivity contribution in [2.45, 2.75) is 5.92 Å². The number of hydrogen-bond acceptors (Lipinski definition) is 6. The zero-order valence-corrected chi connectivity index (χ0v) is 12.9. The van der Waals surface area contributed by atoms with Crippen LogP contribution in [0.3, 0.4) is 0 Å². The Labute approximate surface area is 136 Å². The summed E-state index contributed by atoms with van der Waals surface area (Å²) in [6.07, 6.45) is 5.00. The maximum Gasteiger partial charge on any atom is 0.246 e. The number of hydrogen-bond donors (Lipinski definition) is 0. The van der Waals surface area contributed by atoms with Crippen LogP contribution in [0.2, 0.25) is 0 Å². The summed E-state index contributed by atoms with van der Waals surface area (Å²) in [5.74, 6) is 1.65. The molecular weight excluding hydrogens is 314 g/mol. The minimum atomic E-state index is 0.000392. The molecule has 1 saturated heterocycles. The van der Waals surface area contributed by atoms with E-state index in [-0.39, 0.29) is 11.8 Å². The van der Waals surface area contributed by atoms with Gasteiger partial charge in [0.2, 0.25) is 17.6 Å². The van der Waals surface area contributed by atoms with E-state index in [1.807, 2.05) is 23.6 Å². The van der Waals surface area contributed by atoms with Crippen molar-refractivity contribution >= 4 is 23.3 Å². The first-order chi connectivity index (χ1) is 11.3. The van der Waals surface area contributed by atoms with Crippen LogP contribution in [0.5, 0.6) is 0 Å². The van der Waals surface area contributed by atoms with Crippen LogP contribution in [0.25, 0.3) is 17.7 Å². The summed E-state index contributed by atoms with van der Waals surface area (Å²) in [4.78, 5) is 19.2. The van der Waals surface area contributed by atoms with Crippen LogP contribution in [0.4, 0.5) is 0 Å². The third-order valence-corrected chi connectivity index (χ3v) is 4.50. The molecule has 1 aliphatic rings. The number of likely N-dealkylation sites (tertiary alicyclic amines) is 1. The maximum atomic E-state index is 12.1. The molecule has 3 aromatic heterocycles. The lowest BCUT2D eigenvalue weighted by molar-refractivity contribution is -0.130. The molecule has 0 N–H and O–H groups in total. The van der Waals surface area contributed by atoms with Crippen molar-refractivity contribution < 1.29 is 13.7 Å². The molecule has 0 spiro atoms. The molecule has 0 bridgehead atoms. The lowest BCUT2D eigenvalue weighted by atomic mass is 10.00. The van der Waals surface area contributed by atoms with Crippen molar-refractivity contribution in [1.29, 1.82) is 0 Å². The van der Waals surface area contributed by atoms with Crippen molar-refractivity contribution in [3.8, 4) is 11.6 Å². The molecule has 116 valence electrons. The maximum absolute atomic E-state index is 12.1. The van der Waals surface area contributed by atoms with Crippen LogP contribution in [0.15, 0.2) is 50.9 Å². The highest BCUT2D eigenvalue weighted by molar-refractivity contribution is 7.10. The number of carbonyl (C=O) groups is 1. The predicted octanol–water partition coefficient (Wildman–Crippen LogP) is 3.03. The fraction of sp³-hybridized carbons (Fsp3) is 0.188. The Kier molecular flexibility index (Phi) is 3.55. The Morgan fingerprint density at radius 2 is 2.26 bits per heavy atom. The highest BCUT2D eigenvalue weighted by Crippen LogP contribution is 2.28. The topological polar surface area (TPSA) is 72.4 Å². The second kappa shape index (κ2) is 5.85. The number of thiophene rings is 1. The van der Waals surface area contributed by atoms with Gasteiger partial charge in [-0.3, -0.25) is 4.79 Å². The Balaban J connectivity index is 1.35. The molecule has 0 atom stereocenters. The molecule has 1 aliphatic heterocycles. The summed E-state index contributed by atoms with van der Waals surface area (Å²) in [7, 11) is 0. The van der Waals surface area contributed by atoms with Crippen molar-refractivity contribution in [2.24, 2.45) is 0 Å². The Morgan fingerprint density at radius 3 is 3.00 bits per heavy atom. The molecule has 4 heterocycles. The van der Waals surface area contributed by atoms with Crippen LogP contribution < -0.4 is 0 Å². The van der Waals surface area contributed by atoms with E-state index in [4.69, 9.17) is 8.94 Å². The van der Waals surface area contributed by atoms with Gasteiger partial charge in [-0.05, 0) is 29.7 Å². The standard InChI is InChI=1S/C16H13N3O3S/c20-14(6-5-12-3-2-8-23-12)19-9-11(10-19)16-17-15(18-22-16)13-4-1-7-21-13/h1-8,11H,9-10H2/b6-5+. The summed E-state index contributed by atoms with van der Waals surface area (Å²) in [6, 6.07) is 7.48. The first kappa shape index (κ1) is 14.0. The van der Waals surface area contributed by atoms with Crippen LogP contribution in [-0.2, 0) is 4.79 Å². The summed E-state index contributed by atoms with van der Waals surface area (Å²) in [6.45, 7) is 1.18. The Hall–Kier alpha value is -2.67. The Morgan fingerprint density at radius 1 is 1.35 bits per heavy atom. The zero-order valence-electron chi connectivity index (χ0n) is 12.1. The number of furan rings is 1. The highest BCUT2D eigenvalue weighted by Gasteiger charge is 2.35. The molecule has 0 aliphatic carbocycles. The van der Waals surface area contributed by atoms with Crippen molar-refractivity contribution in [1.82, 2.24) is 15.0 Å².